The fourth-order valence-electron chi connectivity index (χ4n) is 1.41. The maximum absolute atomic E-state index is 10.2. The molecule has 90 valence electrons. The summed E-state index contributed by atoms with van der Waals surface area (Å²) in [4.78, 5) is 5.35. The zero-order valence-electron chi connectivity index (χ0n) is 8.53. The molecule has 0 aliphatic heterocycles. The number of aromatic nitrogens is 1. The molecule has 0 radical (unpaired) electrons. The molecular weight excluding hydrogens is 434 g/mol. The number of rotatable bonds is 3. The van der Waals surface area contributed by atoms with Gasteiger partial charge in [0, 0.05) is 30.9 Å². The van der Waals surface area contributed by atoms with Crippen LogP contribution in [0.25, 0.3) is 0 Å². The first kappa shape index (κ1) is 13.7. The Morgan fingerprint density at radius 1 is 1.29 bits per heavy atom. The summed E-state index contributed by atoms with van der Waals surface area (Å²) in [6.45, 7) is 0. The molecule has 0 bridgehead atoms. The summed E-state index contributed by atoms with van der Waals surface area (Å²) in [5, 5.41) is 12.2. The molecule has 2 nitrogen and oxygen atoms in total. The molecule has 1 atom stereocenters. The van der Waals surface area contributed by atoms with Gasteiger partial charge in [-0.3, -0.25) is 4.98 Å². The van der Waals surface area contributed by atoms with Crippen LogP contribution < -0.4 is 0 Å². The van der Waals surface area contributed by atoms with Gasteiger partial charge in [-0.1, -0.05) is 0 Å². The second-order valence-corrected chi connectivity index (χ2v) is 7.06. The quantitative estimate of drug-likeness (QED) is 0.748. The third kappa shape index (κ3) is 3.38. The maximum Gasteiger partial charge on any atom is 0.102 e. The predicted molar refractivity (Wildman–Crippen MR) is 80.3 cm³/mol. The maximum atomic E-state index is 10.2. The van der Waals surface area contributed by atoms with E-state index in [4.69, 9.17) is 0 Å². The highest BCUT2D eigenvalue weighted by atomic mass is 79.9. The van der Waals surface area contributed by atoms with Crippen molar-refractivity contribution < 1.29 is 5.11 Å². The van der Waals surface area contributed by atoms with Crippen LogP contribution in [0.1, 0.15) is 16.7 Å². The Morgan fingerprint density at radius 2 is 2.06 bits per heavy atom. The van der Waals surface area contributed by atoms with Crippen molar-refractivity contribution in [2.24, 2.45) is 0 Å². The normalized spacial score (nSPS) is 12.7. The number of hydrogen-bond donors (Lipinski definition) is 1. The number of aliphatic hydroxyl groups is 1. The van der Waals surface area contributed by atoms with Crippen molar-refractivity contribution in [2.45, 2.75) is 12.5 Å². The lowest BCUT2D eigenvalue weighted by molar-refractivity contribution is 0.173. The zero-order chi connectivity index (χ0) is 12.4. The van der Waals surface area contributed by atoms with E-state index in [2.05, 4.69) is 52.8 Å². The minimum Gasteiger partial charge on any atom is -0.386 e. The molecular formula is C11H8Br3NOS. The molecule has 0 saturated heterocycles. The zero-order valence-corrected chi connectivity index (χ0v) is 14.1. The van der Waals surface area contributed by atoms with Gasteiger partial charge < -0.3 is 5.11 Å². The van der Waals surface area contributed by atoms with Crippen molar-refractivity contribution in [2.75, 3.05) is 0 Å². The smallest absolute Gasteiger partial charge is 0.102 e. The van der Waals surface area contributed by atoms with E-state index < -0.39 is 6.10 Å². The molecule has 0 amide bonds. The second kappa shape index (κ2) is 5.93. The van der Waals surface area contributed by atoms with Gasteiger partial charge in [0.2, 0.25) is 0 Å². The molecule has 0 aliphatic rings. The van der Waals surface area contributed by atoms with Crippen LogP contribution in [0.3, 0.4) is 0 Å². The highest BCUT2D eigenvalue weighted by Crippen LogP contribution is 2.31. The van der Waals surface area contributed by atoms with Gasteiger partial charge in [0.05, 0.1) is 5.69 Å². The van der Waals surface area contributed by atoms with Crippen molar-refractivity contribution in [1.82, 2.24) is 4.98 Å². The van der Waals surface area contributed by atoms with E-state index in [1.165, 1.54) is 0 Å². The second-order valence-electron chi connectivity index (χ2n) is 3.43. The number of hydrogen-bond acceptors (Lipinski definition) is 3. The SMILES string of the molecule is OC(Cc1sccc1Br)c1ncc(Br)cc1Br. The number of halogens is 3. The van der Waals surface area contributed by atoms with Crippen molar-refractivity contribution in [3.05, 3.63) is 47.7 Å². The molecule has 0 aliphatic carbocycles. The lowest BCUT2D eigenvalue weighted by Gasteiger charge is -2.11. The molecule has 17 heavy (non-hydrogen) atoms. The third-order valence-electron chi connectivity index (χ3n) is 2.22. The summed E-state index contributed by atoms with van der Waals surface area (Å²) in [7, 11) is 0. The molecule has 2 aromatic heterocycles. The summed E-state index contributed by atoms with van der Waals surface area (Å²) in [6.07, 6.45) is 1.64. The minimum atomic E-state index is -0.604. The van der Waals surface area contributed by atoms with Crippen LogP contribution in [0, 0.1) is 0 Å². The first-order valence-corrected chi connectivity index (χ1v) is 8.04. The van der Waals surface area contributed by atoms with Gasteiger partial charge >= 0.3 is 0 Å². The number of thiophene rings is 1. The largest absolute Gasteiger partial charge is 0.386 e. The van der Waals surface area contributed by atoms with Crippen LogP contribution in [-0.2, 0) is 6.42 Å². The van der Waals surface area contributed by atoms with Gasteiger partial charge in [0.1, 0.15) is 6.10 Å². The third-order valence-corrected chi connectivity index (χ3v) is 5.24. The summed E-state index contributed by atoms with van der Waals surface area (Å²) < 4.78 is 2.74. The van der Waals surface area contributed by atoms with Crippen LogP contribution >= 0.6 is 59.1 Å². The van der Waals surface area contributed by atoms with Crippen LogP contribution in [-0.4, -0.2) is 10.1 Å². The van der Waals surface area contributed by atoms with E-state index in [9.17, 15) is 5.11 Å². The number of aliphatic hydroxyl groups excluding tert-OH is 1. The van der Waals surface area contributed by atoms with E-state index in [0.717, 1.165) is 18.3 Å². The summed E-state index contributed by atoms with van der Waals surface area (Å²) in [6, 6.07) is 3.87. The fraction of sp³-hybridized carbons (Fsp3) is 0.182. The van der Waals surface area contributed by atoms with Crippen molar-refractivity contribution in [3.8, 4) is 0 Å². The summed E-state index contributed by atoms with van der Waals surface area (Å²) >= 11 is 11.8. The minimum absolute atomic E-state index is 0.561. The lowest BCUT2D eigenvalue weighted by Crippen LogP contribution is -2.04. The van der Waals surface area contributed by atoms with Gasteiger partial charge in [-0.15, -0.1) is 11.3 Å². The van der Waals surface area contributed by atoms with Gasteiger partial charge in [0.15, 0.2) is 0 Å². The first-order chi connectivity index (χ1) is 8.08. The van der Waals surface area contributed by atoms with E-state index in [-0.39, 0.29) is 0 Å². The molecule has 2 heterocycles. The Balaban J connectivity index is 2.20. The molecule has 1 unspecified atom stereocenters. The highest BCUT2D eigenvalue weighted by molar-refractivity contribution is 9.11. The molecule has 1 N–H and O–H groups in total. The Hall–Kier alpha value is 0.250. The molecule has 0 spiro atoms. The Labute approximate surface area is 128 Å². The topological polar surface area (TPSA) is 33.1 Å². The van der Waals surface area contributed by atoms with Crippen molar-refractivity contribution in [1.29, 1.82) is 0 Å². The molecule has 0 saturated carbocycles. The van der Waals surface area contributed by atoms with Crippen LogP contribution in [0.2, 0.25) is 0 Å². The Kier molecular flexibility index (Phi) is 4.77. The summed E-state index contributed by atoms with van der Waals surface area (Å²) in [5.74, 6) is 0. The average molecular weight is 442 g/mol. The van der Waals surface area contributed by atoms with Gasteiger partial charge in [-0.2, -0.15) is 0 Å². The fourth-order valence-corrected chi connectivity index (χ4v) is 4.22. The van der Waals surface area contributed by atoms with E-state index >= 15 is 0 Å². The van der Waals surface area contributed by atoms with E-state index in [0.29, 0.717) is 12.1 Å². The van der Waals surface area contributed by atoms with Gasteiger partial charge in [-0.25, -0.2) is 0 Å². The predicted octanol–water partition coefficient (Wildman–Crippen LogP) is 4.71. The number of nitrogens with zero attached hydrogens (tertiary/aromatic N) is 1. The van der Waals surface area contributed by atoms with Crippen LogP contribution in [0.5, 0.6) is 0 Å². The standard InChI is InChI=1S/C11H8Br3NOS/c12-6-3-8(14)11(15-5-6)9(16)4-10-7(13)1-2-17-10/h1-3,5,9,16H,4H2. The molecule has 2 rings (SSSR count). The first-order valence-electron chi connectivity index (χ1n) is 4.79. The van der Waals surface area contributed by atoms with Crippen LogP contribution in [0.15, 0.2) is 37.1 Å². The Morgan fingerprint density at radius 3 is 2.65 bits per heavy atom. The molecule has 2 aromatic rings. The van der Waals surface area contributed by atoms with E-state index in [1.54, 1.807) is 17.5 Å². The Bertz CT molecular complexity index is 529. The van der Waals surface area contributed by atoms with Crippen LogP contribution in [0.4, 0.5) is 0 Å². The number of pyridine rings is 1. The van der Waals surface area contributed by atoms with Gasteiger partial charge in [0.25, 0.3) is 0 Å². The average Bonchev–Trinajstić information content (AvgIpc) is 2.64. The molecule has 6 heteroatoms. The molecule has 0 fully saturated rings. The van der Waals surface area contributed by atoms with E-state index in [1.807, 2.05) is 17.5 Å². The van der Waals surface area contributed by atoms with Crippen molar-refractivity contribution in [3.63, 3.8) is 0 Å². The summed E-state index contributed by atoms with van der Waals surface area (Å²) in [5.41, 5.74) is 0.661. The monoisotopic (exact) mass is 439 g/mol. The lowest BCUT2D eigenvalue weighted by atomic mass is 10.1. The highest BCUT2D eigenvalue weighted by Gasteiger charge is 2.16. The van der Waals surface area contributed by atoms with Crippen molar-refractivity contribution >= 4 is 59.1 Å². The molecule has 0 aromatic carbocycles. The van der Waals surface area contributed by atoms with Gasteiger partial charge in [-0.05, 0) is 65.3 Å².